The smallest absolute Gasteiger partial charge is 0.233 e. The fourth-order valence-corrected chi connectivity index (χ4v) is 4.65. The second kappa shape index (κ2) is 8.25. The zero-order valence-electron chi connectivity index (χ0n) is 12.4. The highest BCUT2D eigenvalue weighted by atomic mass is 35.7. The van der Waals surface area contributed by atoms with E-state index < -0.39 is 14.5 Å². The summed E-state index contributed by atoms with van der Waals surface area (Å²) in [6, 6.07) is 7.10. The van der Waals surface area contributed by atoms with Crippen LogP contribution in [0.25, 0.3) is 0 Å². The highest BCUT2D eigenvalue weighted by Crippen LogP contribution is 2.34. The van der Waals surface area contributed by atoms with Crippen molar-refractivity contribution >= 4 is 31.3 Å². The minimum absolute atomic E-state index is 0.0657. The Bertz CT molecular complexity index is 538. The van der Waals surface area contributed by atoms with E-state index in [2.05, 4.69) is 0 Å². The number of hydrogen-bond acceptors (Lipinski definition) is 3. The van der Waals surface area contributed by atoms with Gasteiger partial charge in [0.25, 0.3) is 0 Å². The van der Waals surface area contributed by atoms with Crippen LogP contribution in [0.5, 0.6) is 5.75 Å². The van der Waals surface area contributed by atoms with Crippen LogP contribution >= 0.6 is 22.3 Å². The third-order valence-corrected chi connectivity index (χ3v) is 4.90. The standard InChI is InChI=1S/C15H22Cl2O3S/c1-3-8-15(9-4-2,12-21(17,18)19)11-20-14-7-5-6-13(16)10-14/h5-7,10H,3-4,8-9,11-12H2,1-2H3. The van der Waals surface area contributed by atoms with E-state index in [9.17, 15) is 8.42 Å². The summed E-state index contributed by atoms with van der Waals surface area (Å²) in [5, 5.41) is 0.592. The molecule has 0 aliphatic carbocycles. The predicted octanol–water partition coefficient (Wildman–Crippen LogP) is 4.87. The van der Waals surface area contributed by atoms with Crippen molar-refractivity contribution < 1.29 is 13.2 Å². The molecule has 0 atom stereocenters. The van der Waals surface area contributed by atoms with Crippen molar-refractivity contribution in [3.8, 4) is 5.75 Å². The first-order valence-electron chi connectivity index (χ1n) is 7.11. The summed E-state index contributed by atoms with van der Waals surface area (Å²) >= 11 is 5.93. The van der Waals surface area contributed by atoms with Gasteiger partial charge in [-0.15, -0.1) is 0 Å². The Morgan fingerprint density at radius 2 is 1.81 bits per heavy atom. The molecular formula is C15H22Cl2O3S. The fourth-order valence-electron chi connectivity index (χ4n) is 2.67. The van der Waals surface area contributed by atoms with E-state index in [0.717, 1.165) is 25.7 Å². The SMILES string of the molecule is CCCC(CCC)(COc1cccc(Cl)c1)CS(=O)(=O)Cl. The number of halogens is 2. The molecule has 0 saturated heterocycles. The lowest BCUT2D eigenvalue weighted by Crippen LogP contribution is -2.35. The highest BCUT2D eigenvalue weighted by Gasteiger charge is 2.34. The van der Waals surface area contributed by atoms with Crippen molar-refractivity contribution in [3.05, 3.63) is 29.3 Å². The van der Waals surface area contributed by atoms with Crippen LogP contribution < -0.4 is 4.74 Å². The number of rotatable bonds is 9. The summed E-state index contributed by atoms with van der Waals surface area (Å²) in [7, 11) is 1.92. The molecule has 0 heterocycles. The number of ether oxygens (including phenoxy) is 1. The van der Waals surface area contributed by atoms with Crippen molar-refractivity contribution in [2.45, 2.75) is 39.5 Å². The molecular weight excluding hydrogens is 331 g/mol. The molecule has 21 heavy (non-hydrogen) atoms. The average molecular weight is 353 g/mol. The number of benzene rings is 1. The van der Waals surface area contributed by atoms with Gasteiger partial charge in [0.05, 0.1) is 12.4 Å². The van der Waals surface area contributed by atoms with Gasteiger partial charge in [0.1, 0.15) is 5.75 Å². The van der Waals surface area contributed by atoms with Crippen LogP contribution in [0.3, 0.4) is 0 Å². The first-order chi connectivity index (χ1) is 9.80. The lowest BCUT2D eigenvalue weighted by atomic mass is 9.82. The first-order valence-corrected chi connectivity index (χ1v) is 9.96. The van der Waals surface area contributed by atoms with Crippen molar-refractivity contribution in [1.29, 1.82) is 0 Å². The van der Waals surface area contributed by atoms with E-state index in [1.165, 1.54) is 0 Å². The second-order valence-corrected chi connectivity index (χ2v) is 8.64. The molecule has 0 amide bonds. The summed E-state index contributed by atoms with van der Waals surface area (Å²) < 4.78 is 28.9. The van der Waals surface area contributed by atoms with E-state index in [0.29, 0.717) is 17.4 Å². The monoisotopic (exact) mass is 352 g/mol. The van der Waals surface area contributed by atoms with Gasteiger partial charge < -0.3 is 4.74 Å². The molecule has 0 aromatic heterocycles. The second-order valence-electron chi connectivity index (χ2n) is 5.43. The molecule has 0 aliphatic rings. The Kier molecular flexibility index (Phi) is 7.31. The van der Waals surface area contributed by atoms with Gasteiger partial charge in [0.15, 0.2) is 0 Å². The molecule has 0 bridgehead atoms. The molecule has 0 unspecified atom stereocenters. The van der Waals surface area contributed by atoms with E-state index in [1.807, 2.05) is 19.9 Å². The molecule has 6 heteroatoms. The quantitative estimate of drug-likeness (QED) is 0.595. The molecule has 0 radical (unpaired) electrons. The van der Waals surface area contributed by atoms with Gasteiger partial charge in [-0.2, -0.15) is 0 Å². The van der Waals surface area contributed by atoms with Crippen LogP contribution in [-0.4, -0.2) is 20.8 Å². The normalized spacial score (nSPS) is 12.4. The molecule has 1 rings (SSSR count). The van der Waals surface area contributed by atoms with Crippen LogP contribution in [0.2, 0.25) is 5.02 Å². The van der Waals surface area contributed by atoms with Gasteiger partial charge >= 0.3 is 0 Å². The van der Waals surface area contributed by atoms with Crippen molar-refractivity contribution in [2.75, 3.05) is 12.4 Å². The van der Waals surface area contributed by atoms with Crippen LogP contribution in [0, 0.1) is 5.41 Å². The third-order valence-electron chi connectivity index (χ3n) is 3.38. The van der Waals surface area contributed by atoms with Gasteiger partial charge in [-0.05, 0) is 31.0 Å². The summed E-state index contributed by atoms with van der Waals surface area (Å²) in [5.74, 6) is 0.579. The lowest BCUT2D eigenvalue weighted by molar-refractivity contribution is 0.141. The summed E-state index contributed by atoms with van der Waals surface area (Å²) in [6.07, 6.45) is 3.28. The summed E-state index contributed by atoms with van der Waals surface area (Å²) in [5.41, 5.74) is -0.452. The highest BCUT2D eigenvalue weighted by molar-refractivity contribution is 8.13. The topological polar surface area (TPSA) is 43.4 Å². The maximum Gasteiger partial charge on any atom is 0.233 e. The predicted molar refractivity (Wildman–Crippen MR) is 88.8 cm³/mol. The average Bonchev–Trinajstić information content (AvgIpc) is 2.35. The van der Waals surface area contributed by atoms with Crippen molar-refractivity contribution in [2.24, 2.45) is 5.41 Å². The van der Waals surface area contributed by atoms with E-state index in [4.69, 9.17) is 27.0 Å². The maximum absolute atomic E-state index is 11.6. The van der Waals surface area contributed by atoms with E-state index in [-0.39, 0.29) is 5.75 Å². The van der Waals surface area contributed by atoms with Crippen LogP contribution in [0.4, 0.5) is 0 Å². The molecule has 120 valence electrons. The molecule has 0 spiro atoms. The maximum atomic E-state index is 11.6. The first kappa shape index (κ1) is 18.6. The van der Waals surface area contributed by atoms with Gasteiger partial charge in [0.2, 0.25) is 9.05 Å². The van der Waals surface area contributed by atoms with Crippen LogP contribution in [0.15, 0.2) is 24.3 Å². The van der Waals surface area contributed by atoms with Crippen molar-refractivity contribution in [1.82, 2.24) is 0 Å². The molecule has 0 saturated carbocycles. The Morgan fingerprint density at radius 1 is 1.19 bits per heavy atom. The minimum Gasteiger partial charge on any atom is -0.493 e. The molecule has 0 fully saturated rings. The van der Waals surface area contributed by atoms with Crippen LogP contribution in [-0.2, 0) is 9.05 Å². The zero-order valence-corrected chi connectivity index (χ0v) is 14.8. The molecule has 0 aliphatic heterocycles. The molecule has 1 aromatic carbocycles. The third kappa shape index (κ3) is 6.90. The van der Waals surface area contributed by atoms with E-state index in [1.54, 1.807) is 18.2 Å². The zero-order chi connectivity index (χ0) is 15.9. The molecule has 1 aromatic rings. The van der Waals surface area contributed by atoms with Gasteiger partial charge in [-0.3, -0.25) is 0 Å². The lowest BCUT2D eigenvalue weighted by Gasteiger charge is -2.32. The van der Waals surface area contributed by atoms with Gasteiger partial charge in [0, 0.05) is 21.1 Å². The Balaban J connectivity index is 2.89. The molecule has 3 nitrogen and oxygen atoms in total. The fraction of sp³-hybridized carbons (Fsp3) is 0.600. The van der Waals surface area contributed by atoms with Gasteiger partial charge in [-0.25, -0.2) is 8.42 Å². The Morgan fingerprint density at radius 3 is 2.29 bits per heavy atom. The Labute approximate surface area is 137 Å². The van der Waals surface area contributed by atoms with Gasteiger partial charge in [-0.1, -0.05) is 44.4 Å². The van der Waals surface area contributed by atoms with E-state index >= 15 is 0 Å². The minimum atomic E-state index is -3.57. The largest absolute Gasteiger partial charge is 0.493 e. The summed E-state index contributed by atoms with van der Waals surface area (Å²) in [6.45, 7) is 4.39. The number of hydrogen-bond donors (Lipinski definition) is 0. The molecule has 0 N–H and O–H groups in total. The van der Waals surface area contributed by atoms with Crippen molar-refractivity contribution in [3.63, 3.8) is 0 Å². The van der Waals surface area contributed by atoms with Crippen LogP contribution in [0.1, 0.15) is 39.5 Å². The Hall–Kier alpha value is -0.450. The summed E-state index contributed by atoms with van der Waals surface area (Å²) in [4.78, 5) is 0.